The molecule has 0 aromatic heterocycles. The van der Waals surface area contributed by atoms with Gasteiger partial charge in [-0.05, 0) is 71.8 Å². The molecule has 1 aliphatic rings. The van der Waals surface area contributed by atoms with Crippen LogP contribution in [0.5, 0.6) is 11.5 Å². The largest absolute Gasteiger partial charge is 0.489 e. The number of nitrogens with zero attached hydrogens (tertiary/aromatic N) is 1. The number of imide groups is 2. The topological polar surface area (TPSA) is 84.9 Å². The van der Waals surface area contributed by atoms with Crippen molar-refractivity contribution in [2.24, 2.45) is 0 Å². The molecule has 0 atom stereocenters. The smallest absolute Gasteiger partial charge is 0.335 e. The molecule has 7 nitrogen and oxygen atoms in total. The lowest BCUT2D eigenvalue weighted by Gasteiger charge is -2.26. The zero-order valence-corrected chi connectivity index (χ0v) is 23.3. The minimum atomic E-state index is -0.845. The molecule has 1 saturated heterocycles. The highest BCUT2D eigenvalue weighted by molar-refractivity contribution is 9.10. The van der Waals surface area contributed by atoms with Crippen LogP contribution in [0.25, 0.3) is 6.08 Å². The lowest BCUT2D eigenvalue weighted by atomic mass is 10.1. The maximum atomic E-state index is 13.4. The number of nitrogens with one attached hydrogen (secondary N) is 1. The summed E-state index contributed by atoms with van der Waals surface area (Å²) < 4.78 is 12.7. The van der Waals surface area contributed by atoms with Crippen molar-refractivity contribution in [2.75, 3.05) is 4.90 Å². The van der Waals surface area contributed by atoms with Crippen LogP contribution in [0.3, 0.4) is 0 Å². The molecular weight excluding hydrogens is 596 g/mol. The first-order chi connectivity index (χ1) is 19.4. The number of anilines is 1. The molecule has 4 aromatic rings. The van der Waals surface area contributed by atoms with Gasteiger partial charge in [0.15, 0.2) is 0 Å². The van der Waals surface area contributed by atoms with E-state index in [0.29, 0.717) is 28.7 Å². The second kappa shape index (κ2) is 12.2. The first-order valence-corrected chi connectivity index (χ1v) is 13.4. The number of halogens is 2. The Bertz CT molecular complexity index is 1590. The van der Waals surface area contributed by atoms with Crippen LogP contribution in [0.2, 0.25) is 5.02 Å². The van der Waals surface area contributed by atoms with Gasteiger partial charge in [0.1, 0.15) is 30.3 Å². The molecule has 200 valence electrons. The van der Waals surface area contributed by atoms with E-state index in [-0.39, 0.29) is 17.9 Å². The van der Waals surface area contributed by atoms with Gasteiger partial charge in [0, 0.05) is 15.1 Å². The number of hydrogen-bond donors (Lipinski definition) is 1. The van der Waals surface area contributed by atoms with E-state index in [1.165, 1.54) is 6.08 Å². The van der Waals surface area contributed by atoms with E-state index in [4.69, 9.17) is 21.1 Å². The summed E-state index contributed by atoms with van der Waals surface area (Å²) in [5, 5.41) is 2.63. The average molecular weight is 618 g/mol. The number of carbonyl (C=O) groups is 3. The highest BCUT2D eigenvalue weighted by Gasteiger charge is 2.37. The van der Waals surface area contributed by atoms with E-state index in [9.17, 15) is 14.4 Å². The Labute approximate surface area is 244 Å². The predicted octanol–water partition coefficient (Wildman–Crippen LogP) is 6.93. The number of ether oxygens (including phenoxy) is 2. The third kappa shape index (κ3) is 6.42. The lowest BCUT2D eigenvalue weighted by Crippen LogP contribution is -2.54. The van der Waals surface area contributed by atoms with E-state index in [1.807, 2.05) is 54.6 Å². The van der Waals surface area contributed by atoms with Gasteiger partial charge in [-0.1, -0.05) is 70.0 Å². The molecule has 1 N–H and O–H groups in total. The van der Waals surface area contributed by atoms with Gasteiger partial charge in [-0.25, -0.2) is 9.69 Å². The molecule has 0 radical (unpaired) electrons. The van der Waals surface area contributed by atoms with Crippen LogP contribution in [0.1, 0.15) is 16.7 Å². The summed E-state index contributed by atoms with van der Waals surface area (Å²) in [5.74, 6) is -0.597. The van der Waals surface area contributed by atoms with Gasteiger partial charge in [-0.2, -0.15) is 0 Å². The van der Waals surface area contributed by atoms with Gasteiger partial charge in [0.25, 0.3) is 11.8 Å². The number of hydrogen-bond acceptors (Lipinski definition) is 5. The van der Waals surface area contributed by atoms with E-state index in [1.54, 1.807) is 42.5 Å². The van der Waals surface area contributed by atoms with Crippen LogP contribution in [0, 0.1) is 0 Å². The van der Waals surface area contributed by atoms with Crippen molar-refractivity contribution in [3.8, 4) is 11.5 Å². The zero-order valence-electron chi connectivity index (χ0n) is 21.0. The fraction of sp³-hybridized carbons (Fsp3) is 0.0645. The SMILES string of the molecule is O=C1NC(=O)N(c2ccc(OCc3ccc(Br)cc3)cc2)C(=O)/C1=C/c1cc(Cl)ccc1OCc1ccccc1. The molecule has 0 bridgehead atoms. The van der Waals surface area contributed by atoms with E-state index in [0.717, 1.165) is 20.5 Å². The molecule has 9 heteroatoms. The quantitative estimate of drug-likeness (QED) is 0.171. The Balaban J connectivity index is 1.35. The van der Waals surface area contributed by atoms with Crippen molar-refractivity contribution in [3.63, 3.8) is 0 Å². The van der Waals surface area contributed by atoms with Crippen LogP contribution in [-0.4, -0.2) is 17.8 Å². The molecule has 0 unspecified atom stereocenters. The number of carbonyl (C=O) groups excluding carboxylic acids is 3. The Kier molecular flexibility index (Phi) is 8.28. The molecule has 1 fully saturated rings. The highest BCUT2D eigenvalue weighted by Crippen LogP contribution is 2.29. The number of rotatable bonds is 8. The normalized spacial score (nSPS) is 14.3. The molecule has 0 spiro atoms. The molecule has 1 heterocycles. The minimum absolute atomic E-state index is 0.234. The van der Waals surface area contributed by atoms with Crippen LogP contribution in [0.15, 0.2) is 107 Å². The van der Waals surface area contributed by atoms with Crippen LogP contribution in [0.4, 0.5) is 10.5 Å². The number of urea groups is 1. The number of amides is 4. The van der Waals surface area contributed by atoms with Crippen LogP contribution >= 0.6 is 27.5 Å². The summed E-state index contributed by atoms with van der Waals surface area (Å²) in [4.78, 5) is 39.7. The summed E-state index contributed by atoms with van der Waals surface area (Å²) >= 11 is 9.61. The summed E-state index contributed by atoms with van der Waals surface area (Å²) in [6, 6.07) is 27.8. The molecule has 40 heavy (non-hydrogen) atoms. The van der Waals surface area contributed by atoms with E-state index < -0.39 is 17.8 Å². The monoisotopic (exact) mass is 616 g/mol. The Morgan fingerprint density at radius 3 is 2.20 bits per heavy atom. The van der Waals surface area contributed by atoms with Crippen LogP contribution in [-0.2, 0) is 22.8 Å². The fourth-order valence-electron chi connectivity index (χ4n) is 3.99. The molecule has 4 aromatic carbocycles. The van der Waals surface area contributed by atoms with Gasteiger partial charge in [0.2, 0.25) is 0 Å². The van der Waals surface area contributed by atoms with Crippen molar-refractivity contribution in [1.29, 1.82) is 0 Å². The van der Waals surface area contributed by atoms with Crippen molar-refractivity contribution < 1.29 is 23.9 Å². The summed E-state index contributed by atoms with van der Waals surface area (Å²) in [5.41, 5.74) is 2.40. The van der Waals surface area contributed by atoms with Gasteiger partial charge in [-0.15, -0.1) is 0 Å². The fourth-order valence-corrected chi connectivity index (χ4v) is 4.43. The van der Waals surface area contributed by atoms with Crippen molar-refractivity contribution in [1.82, 2.24) is 5.32 Å². The maximum Gasteiger partial charge on any atom is 0.335 e. The van der Waals surface area contributed by atoms with Crippen molar-refractivity contribution in [3.05, 3.63) is 129 Å². The maximum absolute atomic E-state index is 13.4. The third-order valence-corrected chi connectivity index (χ3v) is 6.79. The molecular formula is C31H22BrClN2O5. The second-order valence-corrected chi connectivity index (χ2v) is 10.2. The van der Waals surface area contributed by atoms with Gasteiger partial charge in [-0.3, -0.25) is 14.9 Å². The molecule has 0 saturated carbocycles. The second-order valence-electron chi connectivity index (χ2n) is 8.82. The van der Waals surface area contributed by atoms with E-state index in [2.05, 4.69) is 21.2 Å². The summed E-state index contributed by atoms with van der Waals surface area (Å²) in [7, 11) is 0. The number of barbiturate groups is 1. The van der Waals surface area contributed by atoms with Gasteiger partial charge >= 0.3 is 6.03 Å². The lowest BCUT2D eigenvalue weighted by molar-refractivity contribution is -0.122. The first kappa shape index (κ1) is 27.2. The third-order valence-electron chi connectivity index (χ3n) is 6.02. The molecule has 4 amide bonds. The standard InChI is InChI=1S/C31H22BrClN2O5/c32-23-8-6-21(7-9-23)18-39-26-13-11-25(12-14-26)35-30(37)27(29(36)34-31(35)38)17-22-16-24(33)10-15-28(22)40-19-20-4-2-1-3-5-20/h1-17H,18-19H2,(H,34,36,38)/b27-17+. The first-order valence-electron chi connectivity index (χ1n) is 12.2. The molecule has 1 aliphatic heterocycles. The van der Waals surface area contributed by atoms with Crippen LogP contribution < -0.4 is 19.7 Å². The van der Waals surface area contributed by atoms with Gasteiger partial charge in [0.05, 0.1) is 5.69 Å². The average Bonchev–Trinajstić information content (AvgIpc) is 2.95. The van der Waals surface area contributed by atoms with Crippen molar-refractivity contribution >= 4 is 57.1 Å². The Morgan fingerprint density at radius 1 is 0.800 bits per heavy atom. The molecule has 5 rings (SSSR count). The zero-order chi connectivity index (χ0) is 28.1. The predicted molar refractivity (Wildman–Crippen MR) is 156 cm³/mol. The molecule has 0 aliphatic carbocycles. The van der Waals surface area contributed by atoms with Crippen molar-refractivity contribution in [2.45, 2.75) is 13.2 Å². The van der Waals surface area contributed by atoms with E-state index >= 15 is 0 Å². The highest BCUT2D eigenvalue weighted by atomic mass is 79.9. The summed E-state index contributed by atoms with van der Waals surface area (Å²) in [6.45, 7) is 0.630. The van der Waals surface area contributed by atoms with Gasteiger partial charge < -0.3 is 9.47 Å². The minimum Gasteiger partial charge on any atom is -0.489 e. The summed E-state index contributed by atoms with van der Waals surface area (Å²) in [6.07, 6.45) is 1.37. The Hall–Kier alpha value is -4.40. The Morgan fingerprint density at radius 2 is 1.48 bits per heavy atom. The number of benzene rings is 4.